The standard InChI is InChI=1S/C10H13N5O/c1-8-7-15(10(16)14-13-8)12-6-9-3-2-4-11-5-9/h2-6,8,13H,7H2,1H3,(H,14,16). The van der Waals surface area contributed by atoms with Crippen LogP contribution in [0, 0.1) is 0 Å². The topological polar surface area (TPSA) is 69.6 Å². The number of carbonyl (C=O) groups excluding carboxylic acids is 1. The third kappa shape index (κ3) is 2.54. The highest BCUT2D eigenvalue weighted by Crippen LogP contribution is 1.99. The molecule has 16 heavy (non-hydrogen) atoms. The molecule has 2 N–H and O–H groups in total. The molecule has 84 valence electrons. The van der Waals surface area contributed by atoms with Gasteiger partial charge in [0.05, 0.1) is 12.8 Å². The lowest BCUT2D eigenvalue weighted by Gasteiger charge is -2.28. The van der Waals surface area contributed by atoms with Gasteiger partial charge in [0.25, 0.3) is 0 Å². The smallest absolute Gasteiger partial charge is 0.271 e. The zero-order valence-corrected chi connectivity index (χ0v) is 8.92. The van der Waals surface area contributed by atoms with Crippen molar-refractivity contribution in [3.05, 3.63) is 30.1 Å². The Morgan fingerprint density at radius 3 is 3.31 bits per heavy atom. The Bertz CT molecular complexity index is 391. The molecule has 0 aromatic carbocycles. The summed E-state index contributed by atoms with van der Waals surface area (Å²) in [7, 11) is 0. The second-order valence-electron chi connectivity index (χ2n) is 3.59. The van der Waals surface area contributed by atoms with Crippen LogP contribution in [-0.2, 0) is 0 Å². The summed E-state index contributed by atoms with van der Waals surface area (Å²) in [5.41, 5.74) is 6.22. The molecule has 1 fully saturated rings. The van der Waals surface area contributed by atoms with Crippen molar-refractivity contribution >= 4 is 12.2 Å². The molecule has 0 spiro atoms. The summed E-state index contributed by atoms with van der Waals surface area (Å²) >= 11 is 0. The fraction of sp³-hybridized carbons (Fsp3) is 0.300. The van der Waals surface area contributed by atoms with Gasteiger partial charge in [-0.2, -0.15) is 5.10 Å². The minimum atomic E-state index is -0.252. The highest BCUT2D eigenvalue weighted by molar-refractivity contribution is 5.81. The van der Waals surface area contributed by atoms with Crippen molar-refractivity contribution in [3.8, 4) is 0 Å². The number of hydrogen-bond acceptors (Lipinski definition) is 4. The maximum atomic E-state index is 11.4. The van der Waals surface area contributed by atoms with E-state index in [0.717, 1.165) is 5.56 Å². The van der Waals surface area contributed by atoms with Crippen LogP contribution in [0.25, 0.3) is 0 Å². The largest absolute Gasteiger partial charge is 0.352 e. The first-order valence-corrected chi connectivity index (χ1v) is 5.03. The van der Waals surface area contributed by atoms with E-state index in [4.69, 9.17) is 0 Å². The number of urea groups is 1. The molecule has 1 aromatic heterocycles. The molecule has 6 heteroatoms. The van der Waals surface area contributed by atoms with E-state index < -0.39 is 0 Å². The molecule has 0 radical (unpaired) electrons. The van der Waals surface area contributed by atoms with Crippen molar-refractivity contribution in [3.63, 3.8) is 0 Å². The predicted molar refractivity (Wildman–Crippen MR) is 59.7 cm³/mol. The van der Waals surface area contributed by atoms with Gasteiger partial charge >= 0.3 is 6.03 Å². The average Bonchev–Trinajstić information content (AvgIpc) is 2.32. The molecule has 2 heterocycles. The molecule has 2 amide bonds. The number of rotatable bonds is 2. The quantitative estimate of drug-likeness (QED) is 0.704. The molecule has 1 saturated heterocycles. The van der Waals surface area contributed by atoms with Crippen LogP contribution in [0.15, 0.2) is 29.6 Å². The van der Waals surface area contributed by atoms with Gasteiger partial charge in [0.15, 0.2) is 0 Å². The predicted octanol–water partition coefficient (Wildman–Crippen LogP) is 0.334. The molecule has 0 saturated carbocycles. The summed E-state index contributed by atoms with van der Waals surface area (Å²) in [5, 5.41) is 5.48. The number of hydrogen-bond donors (Lipinski definition) is 2. The number of amides is 2. The molecule has 0 bridgehead atoms. The molecule has 1 aliphatic rings. The van der Waals surface area contributed by atoms with E-state index in [1.165, 1.54) is 5.01 Å². The Kier molecular flexibility index (Phi) is 3.11. The summed E-state index contributed by atoms with van der Waals surface area (Å²) in [6, 6.07) is 3.61. The zero-order valence-electron chi connectivity index (χ0n) is 8.92. The lowest BCUT2D eigenvalue weighted by molar-refractivity contribution is 0.167. The van der Waals surface area contributed by atoms with Gasteiger partial charge in [0.2, 0.25) is 0 Å². The van der Waals surface area contributed by atoms with Crippen molar-refractivity contribution in [1.82, 2.24) is 20.8 Å². The van der Waals surface area contributed by atoms with Gasteiger partial charge in [-0.3, -0.25) is 10.4 Å². The number of nitrogens with zero attached hydrogens (tertiary/aromatic N) is 3. The van der Waals surface area contributed by atoms with Gasteiger partial charge in [-0.05, 0) is 13.0 Å². The Morgan fingerprint density at radius 2 is 2.56 bits per heavy atom. The number of hydrazine groups is 1. The van der Waals surface area contributed by atoms with Crippen LogP contribution in [-0.4, -0.2) is 34.8 Å². The SMILES string of the molecule is CC1CN(N=Cc2cccnc2)C(=O)NN1. The maximum absolute atomic E-state index is 11.4. The third-order valence-electron chi connectivity index (χ3n) is 2.14. The van der Waals surface area contributed by atoms with Crippen LogP contribution in [0.5, 0.6) is 0 Å². The van der Waals surface area contributed by atoms with E-state index in [9.17, 15) is 4.79 Å². The molecular formula is C10H13N5O. The summed E-state index contributed by atoms with van der Waals surface area (Å²) in [6.07, 6.45) is 4.99. The van der Waals surface area contributed by atoms with Crippen LogP contribution in [0.3, 0.4) is 0 Å². The number of carbonyl (C=O) groups is 1. The van der Waals surface area contributed by atoms with Gasteiger partial charge in [-0.1, -0.05) is 6.07 Å². The Labute approximate surface area is 93.3 Å². The highest BCUT2D eigenvalue weighted by atomic mass is 16.2. The Balaban J connectivity index is 2.03. The van der Waals surface area contributed by atoms with Crippen molar-refractivity contribution in [2.24, 2.45) is 5.10 Å². The highest BCUT2D eigenvalue weighted by Gasteiger charge is 2.20. The summed E-state index contributed by atoms with van der Waals surface area (Å²) in [6.45, 7) is 2.51. The van der Waals surface area contributed by atoms with E-state index in [-0.39, 0.29) is 12.1 Å². The summed E-state index contributed by atoms with van der Waals surface area (Å²) < 4.78 is 0. The van der Waals surface area contributed by atoms with E-state index >= 15 is 0 Å². The maximum Gasteiger partial charge on any atom is 0.352 e. The number of hydrazone groups is 1. The van der Waals surface area contributed by atoms with Crippen molar-refractivity contribution < 1.29 is 4.79 Å². The fourth-order valence-corrected chi connectivity index (χ4v) is 1.33. The Morgan fingerprint density at radius 1 is 1.69 bits per heavy atom. The van der Waals surface area contributed by atoms with Gasteiger partial charge in [-0.15, -0.1) is 0 Å². The minimum Gasteiger partial charge on any atom is -0.271 e. The number of nitrogens with one attached hydrogen (secondary N) is 2. The van der Waals surface area contributed by atoms with Crippen LogP contribution in [0.2, 0.25) is 0 Å². The molecule has 1 aliphatic heterocycles. The van der Waals surface area contributed by atoms with Crippen LogP contribution >= 0.6 is 0 Å². The first kappa shape index (κ1) is 10.6. The normalized spacial score (nSPS) is 21.2. The molecule has 0 aliphatic carbocycles. The summed E-state index contributed by atoms with van der Waals surface area (Å²) in [4.78, 5) is 15.3. The first-order chi connectivity index (χ1) is 7.75. The number of pyridine rings is 1. The molecule has 6 nitrogen and oxygen atoms in total. The lowest BCUT2D eigenvalue weighted by Crippen LogP contribution is -2.58. The summed E-state index contributed by atoms with van der Waals surface area (Å²) in [5.74, 6) is 0. The van der Waals surface area contributed by atoms with Gasteiger partial charge in [-0.25, -0.2) is 15.2 Å². The van der Waals surface area contributed by atoms with Crippen LogP contribution in [0.4, 0.5) is 4.79 Å². The van der Waals surface area contributed by atoms with E-state index in [0.29, 0.717) is 6.54 Å². The van der Waals surface area contributed by atoms with Gasteiger partial charge in [0, 0.05) is 24.0 Å². The second-order valence-corrected chi connectivity index (χ2v) is 3.59. The van der Waals surface area contributed by atoms with Crippen molar-refractivity contribution in [2.75, 3.05) is 6.54 Å². The van der Waals surface area contributed by atoms with Crippen molar-refractivity contribution in [2.45, 2.75) is 13.0 Å². The molecule has 1 unspecified atom stereocenters. The monoisotopic (exact) mass is 219 g/mol. The average molecular weight is 219 g/mol. The Hall–Kier alpha value is -1.95. The zero-order chi connectivity index (χ0) is 11.4. The van der Waals surface area contributed by atoms with Gasteiger partial charge < -0.3 is 0 Å². The van der Waals surface area contributed by atoms with E-state index in [2.05, 4.69) is 20.9 Å². The molecular weight excluding hydrogens is 206 g/mol. The van der Waals surface area contributed by atoms with E-state index in [1.54, 1.807) is 18.6 Å². The number of aromatic nitrogens is 1. The third-order valence-corrected chi connectivity index (χ3v) is 2.14. The molecule has 2 rings (SSSR count). The first-order valence-electron chi connectivity index (χ1n) is 5.03. The second kappa shape index (κ2) is 4.71. The van der Waals surface area contributed by atoms with Crippen LogP contribution < -0.4 is 10.9 Å². The fourth-order valence-electron chi connectivity index (χ4n) is 1.33. The molecule has 1 aromatic rings. The van der Waals surface area contributed by atoms with Crippen molar-refractivity contribution in [1.29, 1.82) is 0 Å². The molecule has 1 atom stereocenters. The van der Waals surface area contributed by atoms with Crippen LogP contribution in [0.1, 0.15) is 12.5 Å². The minimum absolute atomic E-state index is 0.170. The van der Waals surface area contributed by atoms with Gasteiger partial charge in [0.1, 0.15) is 0 Å². The lowest BCUT2D eigenvalue weighted by atomic mass is 10.3. The van der Waals surface area contributed by atoms with E-state index in [1.807, 2.05) is 19.1 Å².